The number of benzene rings is 1. The molecule has 0 atom stereocenters. The highest BCUT2D eigenvalue weighted by Gasteiger charge is 2.19. The van der Waals surface area contributed by atoms with Crippen molar-refractivity contribution in [1.82, 2.24) is 10.3 Å². The lowest BCUT2D eigenvalue weighted by atomic mass is 10.2. The van der Waals surface area contributed by atoms with Crippen LogP contribution in [-0.2, 0) is 11.3 Å². The van der Waals surface area contributed by atoms with Crippen LogP contribution in [0.1, 0.15) is 16.1 Å². The van der Waals surface area contributed by atoms with Crippen molar-refractivity contribution in [3.8, 4) is 0 Å². The number of hydrogen-bond acceptors (Lipinski definition) is 4. The minimum atomic E-state index is -1.65. The first-order chi connectivity index (χ1) is 11.7. The Hall–Kier alpha value is -2.74. The fourth-order valence-electron chi connectivity index (χ4n) is 2.22. The summed E-state index contributed by atoms with van der Waals surface area (Å²) in [4.78, 5) is 25.9. The predicted octanol–water partition coefficient (Wildman–Crippen LogP) is 2.45. The zero-order valence-corrected chi connectivity index (χ0v) is 15.3. The molecule has 1 aromatic carbocycles. The molecule has 8 heteroatoms. The molecule has 0 aliphatic carbocycles. The van der Waals surface area contributed by atoms with Crippen molar-refractivity contribution in [2.45, 2.75) is 26.2 Å². The number of carboxylic acid groups (broad SMARTS) is 1. The summed E-state index contributed by atoms with van der Waals surface area (Å²) in [5.41, 5.74) is 0.528. The van der Waals surface area contributed by atoms with Crippen molar-refractivity contribution >= 4 is 37.1 Å². The molecule has 0 fully saturated rings. The molecule has 0 spiro atoms. The number of aromatic carboxylic acids is 1. The van der Waals surface area contributed by atoms with Crippen LogP contribution in [0.25, 0.3) is 0 Å². The van der Waals surface area contributed by atoms with Gasteiger partial charge in [0.25, 0.3) is 0 Å². The number of anilines is 2. The summed E-state index contributed by atoms with van der Waals surface area (Å²) in [5, 5.41) is 15.5. The molecule has 0 unspecified atom stereocenters. The van der Waals surface area contributed by atoms with E-state index in [1.165, 1.54) is 18.2 Å². The maximum absolute atomic E-state index is 14.4. The number of pyridine rings is 1. The second kappa shape index (κ2) is 7.43. The Morgan fingerprint density at radius 1 is 1.28 bits per heavy atom. The number of carbonyl (C=O) groups is 2. The number of halogens is 1. The maximum Gasteiger partial charge on any atom is 0.339 e. The van der Waals surface area contributed by atoms with Crippen LogP contribution in [0.2, 0.25) is 19.6 Å². The van der Waals surface area contributed by atoms with Crippen LogP contribution in [0.3, 0.4) is 0 Å². The highest BCUT2D eigenvalue weighted by atomic mass is 28.3. The quantitative estimate of drug-likeness (QED) is 0.520. The summed E-state index contributed by atoms with van der Waals surface area (Å²) in [5.74, 6) is -1.61. The second-order valence-corrected chi connectivity index (χ2v) is 11.6. The van der Waals surface area contributed by atoms with Crippen LogP contribution >= 0.6 is 0 Å². The zero-order valence-electron chi connectivity index (χ0n) is 14.3. The van der Waals surface area contributed by atoms with Crippen LogP contribution in [0, 0.1) is 5.82 Å². The highest BCUT2D eigenvalue weighted by Crippen LogP contribution is 2.22. The van der Waals surface area contributed by atoms with E-state index in [4.69, 9.17) is 0 Å². The molecule has 2 aromatic rings. The van der Waals surface area contributed by atoms with E-state index in [0.29, 0.717) is 12.1 Å². The van der Waals surface area contributed by atoms with E-state index in [2.05, 4.69) is 35.3 Å². The number of carboxylic acids is 1. The van der Waals surface area contributed by atoms with Crippen molar-refractivity contribution in [1.29, 1.82) is 0 Å². The SMILES string of the molecule is C[Si](C)(C)c1ccc(Nc2nc(CNC=O)ccc2C(=O)O)c(F)c1. The van der Waals surface area contributed by atoms with Crippen LogP contribution in [0.5, 0.6) is 0 Å². The summed E-state index contributed by atoms with van der Waals surface area (Å²) in [6.45, 7) is 6.49. The van der Waals surface area contributed by atoms with Gasteiger partial charge in [0.2, 0.25) is 6.41 Å². The smallest absolute Gasteiger partial charge is 0.339 e. The zero-order chi connectivity index (χ0) is 18.6. The molecule has 3 N–H and O–H groups in total. The first-order valence-electron chi connectivity index (χ1n) is 7.69. The number of rotatable bonds is 7. The van der Waals surface area contributed by atoms with Crippen LogP contribution in [-0.4, -0.2) is 30.5 Å². The van der Waals surface area contributed by atoms with Gasteiger partial charge in [-0.3, -0.25) is 4.79 Å². The van der Waals surface area contributed by atoms with Gasteiger partial charge in [-0.1, -0.05) is 30.9 Å². The van der Waals surface area contributed by atoms with Gasteiger partial charge in [0.15, 0.2) is 0 Å². The molecule has 1 heterocycles. The lowest BCUT2D eigenvalue weighted by molar-refractivity contribution is -0.109. The number of amides is 1. The molecule has 0 bridgehead atoms. The van der Waals surface area contributed by atoms with Gasteiger partial charge < -0.3 is 15.7 Å². The van der Waals surface area contributed by atoms with Gasteiger partial charge in [-0.05, 0) is 24.3 Å². The Morgan fingerprint density at radius 3 is 2.56 bits per heavy atom. The van der Waals surface area contributed by atoms with Crippen molar-refractivity contribution in [2.75, 3.05) is 5.32 Å². The highest BCUT2D eigenvalue weighted by molar-refractivity contribution is 6.88. The average molecular weight is 361 g/mol. The van der Waals surface area contributed by atoms with E-state index in [0.717, 1.165) is 5.19 Å². The first-order valence-corrected chi connectivity index (χ1v) is 11.2. The van der Waals surface area contributed by atoms with Gasteiger partial charge in [-0.25, -0.2) is 14.2 Å². The minimum Gasteiger partial charge on any atom is -0.478 e. The van der Waals surface area contributed by atoms with Gasteiger partial charge in [0, 0.05) is 0 Å². The molecule has 6 nitrogen and oxygen atoms in total. The normalized spacial score (nSPS) is 11.0. The Balaban J connectivity index is 2.37. The monoisotopic (exact) mass is 361 g/mol. The molecule has 0 aliphatic rings. The molecule has 2 rings (SSSR count). The van der Waals surface area contributed by atoms with E-state index < -0.39 is 19.9 Å². The third kappa shape index (κ3) is 4.63. The van der Waals surface area contributed by atoms with Crippen LogP contribution in [0.4, 0.5) is 15.9 Å². The summed E-state index contributed by atoms with van der Waals surface area (Å²) in [6.07, 6.45) is 0.522. The Kier molecular flexibility index (Phi) is 5.53. The molecule has 1 aromatic heterocycles. The molecule has 0 saturated carbocycles. The number of aromatic nitrogens is 1. The molecule has 132 valence electrons. The van der Waals surface area contributed by atoms with Crippen molar-refractivity contribution in [2.24, 2.45) is 0 Å². The summed E-state index contributed by atoms with van der Waals surface area (Å²) < 4.78 is 14.4. The standard InChI is InChI=1S/C17H20FN3O3Si/c1-25(2,3)12-5-7-15(14(18)8-12)21-16-13(17(23)24)6-4-11(20-16)9-19-10-22/h4-8,10H,9H2,1-3H3,(H,19,22)(H,20,21)(H,23,24). The lowest BCUT2D eigenvalue weighted by Crippen LogP contribution is -2.37. The van der Waals surface area contributed by atoms with Gasteiger partial charge in [0.1, 0.15) is 17.2 Å². The number of nitrogens with zero attached hydrogens (tertiary/aromatic N) is 1. The Morgan fingerprint density at radius 2 is 2.00 bits per heavy atom. The van der Waals surface area contributed by atoms with E-state index >= 15 is 0 Å². The molecule has 0 saturated heterocycles. The van der Waals surface area contributed by atoms with E-state index in [-0.39, 0.29) is 23.6 Å². The topological polar surface area (TPSA) is 91.3 Å². The summed E-state index contributed by atoms with van der Waals surface area (Å²) in [7, 11) is -1.65. The molecular weight excluding hydrogens is 341 g/mol. The van der Waals surface area contributed by atoms with Crippen LogP contribution < -0.4 is 15.8 Å². The second-order valence-electron chi connectivity index (χ2n) is 6.57. The third-order valence-corrected chi connectivity index (χ3v) is 5.68. The Bertz CT molecular complexity index is 806. The van der Waals surface area contributed by atoms with Crippen LogP contribution in [0.15, 0.2) is 30.3 Å². The van der Waals surface area contributed by atoms with Gasteiger partial charge >= 0.3 is 5.97 Å². The van der Waals surface area contributed by atoms with Crippen molar-refractivity contribution < 1.29 is 19.1 Å². The van der Waals surface area contributed by atoms with Gasteiger partial charge in [-0.15, -0.1) is 0 Å². The fourth-order valence-corrected chi connectivity index (χ4v) is 3.37. The summed E-state index contributed by atoms with van der Waals surface area (Å²) in [6, 6.07) is 7.78. The minimum absolute atomic E-state index is 0.0253. The van der Waals surface area contributed by atoms with E-state index in [9.17, 15) is 19.1 Å². The van der Waals surface area contributed by atoms with E-state index in [1.807, 2.05) is 6.07 Å². The first kappa shape index (κ1) is 18.6. The van der Waals surface area contributed by atoms with Gasteiger partial charge in [-0.2, -0.15) is 0 Å². The number of hydrogen-bond donors (Lipinski definition) is 3. The van der Waals surface area contributed by atoms with E-state index in [1.54, 1.807) is 6.07 Å². The average Bonchev–Trinajstić information content (AvgIpc) is 2.53. The molecular formula is C17H20FN3O3Si. The molecule has 1 amide bonds. The summed E-state index contributed by atoms with van der Waals surface area (Å²) >= 11 is 0. The molecule has 0 aliphatic heterocycles. The maximum atomic E-state index is 14.4. The van der Waals surface area contributed by atoms with Crippen molar-refractivity contribution in [3.63, 3.8) is 0 Å². The molecule has 25 heavy (non-hydrogen) atoms. The predicted molar refractivity (Wildman–Crippen MR) is 96.8 cm³/mol. The van der Waals surface area contributed by atoms with Gasteiger partial charge in [0.05, 0.1) is 26.0 Å². The number of carbonyl (C=O) groups excluding carboxylic acids is 1. The fraction of sp³-hybridized carbons (Fsp3) is 0.235. The Labute approximate surface area is 146 Å². The van der Waals surface area contributed by atoms with Crippen molar-refractivity contribution in [3.05, 3.63) is 47.4 Å². The molecule has 0 radical (unpaired) electrons. The largest absolute Gasteiger partial charge is 0.478 e. The third-order valence-electron chi connectivity index (χ3n) is 3.64. The number of nitrogens with one attached hydrogen (secondary N) is 2. The lowest BCUT2D eigenvalue weighted by Gasteiger charge is -2.18.